The molecule has 1 fully saturated rings. The molecule has 234 valence electrons. The highest BCUT2D eigenvalue weighted by atomic mass is 35.5. The van der Waals surface area contributed by atoms with Crippen molar-refractivity contribution in [3.8, 4) is 40.0 Å². The summed E-state index contributed by atoms with van der Waals surface area (Å²) in [6, 6.07) is 6.63. The maximum atomic E-state index is 13.7. The van der Waals surface area contributed by atoms with Crippen molar-refractivity contribution < 1.29 is 47.5 Å². The molecule has 1 aliphatic carbocycles. The van der Waals surface area contributed by atoms with Gasteiger partial charge in [0.05, 0.1) is 49.2 Å². The van der Waals surface area contributed by atoms with Gasteiger partial charge >= 0.3 is 11.9 Å². The zero-order chi connectivity index (χ0) is 31.7. The van der Waals surface area contributed by atoms with E-state index in [1.54, 1.807) is 25.2 Å². The van der Waals surface area contributed by atoms with Crippen LogP contribution in [0.1, 0.15) is 39.3 Å². The largest absolute Gasteiger partial charge is 0.504 e. The number of carbonyl (C=O) groups excluding carboxylic acids is 2. The summed E-state index contributed by atoms with van der Waals surface area (Å²) in [5.41, 5.74) is 2.20. The minimum atomic E-state index is -1.01. The van der Waals surface area contributed by atoms with Crippen molar-refractivity contribution in [2.75, 3.05) is 27.6 Å². The van der Waals surface area contributed by atoms with E-state index in [0.29, 0.717) is 33.9 Å². The van der Waals surface area contributed by atoms with Crippen LogP contribution in [0.25, 0.3) is 11.3 Å². The van der Waals surface area contributed by atoms with E-state index in [1.807, 2.05) is 0 Å². The summed E-state index contributed by atoms with van der Waals surface area (Å²) in [6.45, 7) is -0.0626. The van der Waals surface area contributed by atoms with E-state index in [0.717, 1.165) is 0 Å². The fourth-order valence-electron chi connectivity index (χ4n) is 6.38. The van der Waals surface area contributed by atoms with E-state index >= 15 is 0 Å². The highest BCUT2D eigenvalue weighted by Crippen LogP contribution is 2.57. The lowest BCUT2D eigenvalue weighted by Gasteiger charge is -2.38. The van der Waals surface area contributed by atoms with Gasteiger partial charge in [-0.15, -0.1) is 0 Å². The number of phenolic OH excluding ortho intramolecular Hbond substituents is 1. The minimum absolute atomic E-state index is 0.0146. The maximum Gasteiger partial charge on any atom is 0.376 e. The van der Waals surface area contributed by atoms with Gasteiger partial charge < -0.3 is 37.9 Å². The average Bonchev–Trinajstić information content (AvgIpc) is 3.78. The van der Waals surface area contributed by atoms with Crippen LogP contribution in [0.15, 0.2) is 34.9 Å². The molecule has 1 saturated heterocycles. The van der Waals surface area contributed by atoms with Crippen LogP contribution in [-0.4, -0.2) is 54.4 Å². The Morgan fingerprint density at radius 1 is 1.04 bits per heavy atom. The van der Waals surface area contributed by atoms with Crippen molar-refractivity contribution in [3.05, 3.63) is 68.2 Å². The van der Waals surface area contributed by atoms with Crippen LogP contribution >= 0.6 is 34.8 Å². The molecule has 7 rings (SSSR count). The molecule has 0 amide bonds. The van der Waals surface area contributed by atoms with E-state index in [2.05, 4.69) is 5.10 Å². The lowest BCUT2D eigenvalue weighted by Crippen LogP contribution is -2.36. The molecule has 2 aliphatic heterocycles. The Hall–Kier alpha value is -4.26. The van der Waals surface area contributed by atoms with Crippen LogP contribution in [0.2, 0.25) is 15.3 Å². The van der Waals surface area contributed by atoms with Crippen LogP contribution < -0.4 is 18.9 Å². The van der Waals surface area contributed by atoms with Crippen molar-refractivity contribution in [1.29, 1.82) is 0 Å². The summed E-state index contributed by atoms with van der Waals surface area (Å²) in [5, 5.41) is 14.8. The number of rotatable bonds is 6. The van der Waals surface area contributed by atoms with Gasteiger partial charge in [-0.2, -0.15) is 5.10 Å². The Labute approximate surface area is 270 Å². The van der Waals surface area contributed by atoms with Gasteiger partial charge in [0, 0.05) is 24.4 Å². The number of hydrogen-bond acceptors (Lipinski definition) is 11. The molecule has 4 aromatic rings. The molecule has 4 atom stereocenters. The molecule has 15 heteroatoms. The van der Waals surface area contributed by atoms with Gasteiger partial charge in [-0.25, -0.2) is 4.79 Å². The van der Waals surface area contributed by atoms with Gasteiger partial charge in [0.25, 0.3) is 0 Å². The van der Waals surface area contributed by atoms with Gasteiger partial charge in [-0.05, 0) is 47.0 Å². The number of ether oxygens (including phenoxy) is 6. The number of furan rings is 1. The zero-order valence-corrected chi connectivity index (χ0v) is 26.0. The Bertz CT molecular complexity index is 1870. The SMILES string of the molecule is COc1cc([C@@H]2c3cc4c(cc3[C@H](OC(=O)c3oc(Cl)c(-c5c(Cl)cnn5C)c3Cl)[C@H]3COC(=O)[C@@H]23)OCO4)cc(O)c1OC. The number of esters is 2. The second kappa shape index (κ2) is 11.0. The van der Waals surface area contributed by atoms with Crippen molar-refractivity contribution >= 4 is 46.7 Å². The minimum Gasteiger partial charge on any atom is -0.504 e. The summed E-state index contributed by atoms with van der Waals surface area (Å²) in [4.78, 5) is 27.1. The number of hydrogen-bond donors (Lipinski definition) is 1. The number of aromatic nitrogens is 2. The monoisotopic (exact) mass is 676 g/mol. The number of aryl methyl sites for hydroxylation is 1. The molecule has 3 aliphatic rings. The molecule has 4 heterocycles. The Balaban J connectivity index is 1.34. The number of phenols is 1. The third-order valence-electron chi connectivity index (χ3n) is 8.32. The predicted molar refractivity (Wildman–Crippen MR) is 158 cm³/mol. The summed E-state index contributed by atoms with van der Waals surface area (Å²) < 4.78 is 40.8. The fraction of sp³-hybridized carbons (Fsp3) is 0.300. The molecule has 2 aromatic carbocycles. The molecule has 2 aromatic heterocycles. The first-order valence-corrected chi connectivity index (χ1v) is 14.7. The van der Waals surface area contributed by atoms with E-state index in [9.17, 15) is 14.7 Å². The van der Waals surface area contributed by atoms with E-state index in [4.69, 9.17) is 67.6 Å². The first-order valence-electron chi connectivity index (χ1n) is 13.5. The van der Waals surface area contributed by atoms with E-state index in [1.165, 1.54) is 31.2 Å². The van der Waals surface area contributed by atoms with Gasteiger partial charge in [0.1, 0.15) is 11.1 Å². The van der Waals surface area contributed by atoms with Crippen molar-refractivity contribution in [3.63, 3.8) is 0 Å². The molecular formula is C30H23Cl3N2O10. The summed E-state index contributed by atoms with van der Waals surface area (Å²) in [5.74, 6) is -2.83. The number of aromatic hydroxyl groups is 1. The zero-order valence-electron chi connectivity index (χ0n) is 23.8. The van der Waals surface area contributed by atoms with Gasteiger partial charge in [-0.3, -0.25) is 9.48 Å². The molecule has 0 saturated carbocycles. The van der Waals surface area contributed by atoms with E-state index < -0.39 is 35.8 Å². The standard InChI is InChI=1S/C30H23Cl3N2O10/c1-35-24(15(31)8-34-35)22-23(32)27(44-28(22)33)30(38)45-25-13-7-18-17(42-10-43-18)6-12(13)20(21-14(25)9-41-29(21)37)11-4-16(36)26(40-3)19(5-11)39-2/h4-8,14,20-21,25,36H,9-10H2,1-3H3/t14-,20+,21+,25-/m0/s1. The normalized spacial score (nSPS) is 21.2. The number of halogens is 3. The third-order valence-corrected chi connectivity index (χ3v) is 9.22. The molecule has 0 bridgehead atoms. The van der Waals surface area contributed by atoms with Crippen molar-refractivity contribution in [2.24, 2.45) is 18.9 Å². The highest BCUT2D eigenvalue weighted by Gasteiger charge is 2.54. The molecule has 12 nitrogen and oxygen atoms in total. The van der Waals surface area contributed by atoms with Gasteiger partial charge in [0.2, 0.25) is 23.5 Å². The highest BCUT2D eigenvalue weighted by molar-refractivity contribution is 6.42. The number of benzene rings is 2. The quantitative estimate of drug-likeness (QED) is 0.243. The van der Waals surface area contributed by atoms with E-state index in [-0.39, 0.29) is 57.2 Å². The molecular weight excluding hydrogens is 655 g/mol. The summed E-state index contributed by atoms with van der Waals surface area (Å²) in [6.07, 6.45) is 0.399. The number of fused-ring (bicyclic) bond motifs is 3. The van der Waals surface area contributed by atoms with Crippen LogP contribution in [0, 0.1) is 11.8 Å². The van der Waals surface area contributed by atoms with Gasteiger partial charge in [0.15, 0.2) is 23.0 Å². The first kappa shape index (κ1) is 29.5. The Morgan fingerprint density at radius 2 is 1.78 bits per heavy atom. The topological polar surface area (TPSA) is 141 Å². The Morgan fingerprint density at radius 3 is 2.44 bits per heavy atom. The fourth-order valence-corrected chi connectivity index (χ4v) is 7.24. The second-order valence-corrected chi connectivity index (χ2v) is 11.7. The average molecular weight is 678 g/mol. The Kier molecular flexibility index (Phi) is 7.18. The third kappa shape index (κ3) is 4.53. The van der Waals surface area contributed by atoms with Crippen molar-refractivity contribution in [2.45, 2.75) is 12.0 Å². The smallest absolute Gasteiger partial charge is 0.376 e. The van der Waals surface area contributed by atoms with Crippen LogP contribution in [-0.2, 0) is 21.3 Å². The summed E-state index contributed by atoms with van der Waals surface area (Å²) >= 11 is 19.3. The number of carbonyl (C=O) groups is 2. The van der Waals surface area contributed by atoms with Crippen LogP contribution in [0.5, 0.6) is 28.7 Å². The van der Waals surface area contributed by atoms with Gasteiger partial charge in [-0.1, -0.05) is 23.2 Å². The second-order valence-electron chi connectivity index (χ2n) is 10.6. The predicted octanol–water partition coefficient (Wildman–Crippen LogP) is 5.92. The lowest BCUT2D eigenvalue weighted by molar-refractivity contribution is -0.141. The van der Waals surface area contributed by atoms with Crippen molar-refractivity contribution in [1.82, 2.24) is 9.78 Å². The molecule has 0 radical (unpaired) electrons. The summed E-state index contributed by atoms with van der Waals surface area (Å²) in [7, 11) is 4.48. The number of cyclic esters (lactones) is 1. The first-order chi connectivity index (χ1) is 21.6. The van der Waals surface area contributed by atoms with Crippen LogP contribution in [0.4, 0.5) is 0 Å². The number of nitrogens with zero attached hydrogens (tertiary/aromatic N) is 2. The molecule has 0 spiro atoms. The number of methoxy groups -OCH3 is 2. The maximum absolute atomic E-state index is 13.7. The van der Waals surface area contributed by atoms with Crippen LogP contribution in [0.3, 0.4) is 0 Å². The molecule has 1 N–H and O–H groups in total. The molecule has 45 heavy (non-hydrogen) atoms. The lowest BCUT2D eigenvalue weighted by atomic mass is 9.66. The molecule has 0 unspecified atom stereocenters.